The molecule has 15 heteroatoms. The van der Waals surface area contributed by atoms with Crippen molar-refractivity contribution in [3.8, 4) is 34.0 Å². The number of rotatable bonds is 14. The van der Waals surface area contributed by atoms with Gasteiger partial charge in [0.25, 0.3) is 0 Å². The van der Waals surface area contributed by atoms with Crippen molar-refractivity contribution in [2.45, 2.75) is 56.0 Å². The zero-order valence-electron chi connectivity index (χ0n) is 29.3. The van der Waals surface area contributed by atoms with Crippen molar-refractivity contribution in [1.82, 2.24) is 15.3 Å². The van der Waals surface area contributed by atoms with E-state index in [0.29, 0.717) is 31.2 Å². The van der Waals surface area contributed by atoms with Crippen LogP contribution in [-0.2, 0) is 47.2 Å². The number of aromatic nitrogens is 2. The molecule has 0 spiro atoms. The van der Waals surface area contributed by atoms with E-state index in [1.807, 2.05) is 36.4 Å². The Morgan fingerprint density at radius 2 is 1.63 bits per heavy atom. The Balaban J connectivity index is 1.26. The molecule has 0 fully saturated rings. The molecule has 5 N–H and O–H groups in total. The molecule has 0 saturated carbocycles. The summed E-state index contributed by atoms with van der Waals surface area (Å²) in [6, 6.07) is 21.0. The number of carboxylic acids is 1. The quantitative estimate of drug-likeness (QED) is 0.0926. The first kappa shape index (κ1) is 39.6. The van der Waals surface area contributed by atoms with Gasteiger partial charge in [0, 0.05) is 64.6 Å². The number of pyridine rings is 2. The van der Waals surface area contributed by atoms with Crippen LogP contribution < -0.4 is 20.5 Å². The van der Waals surface area contributed by atoms with E-state index in [9.17, 15) is 23.4 Å². The van der Waals surface area contributed by atoms with Crippen molar-refractivity contribution < 1.29 is 32.9 Å². The number of fused-ring (bicyclic) bond motifs is 1. The van der Waals surface area contributed by atoms with Crippen molar-refractivity contribution in [2.24, 2.45) is 5.73 Å². The number of aliphatic hydroxyl groups excluding tert-OH is 1. The largest absolute Gasteiger partial charge is 0.480 e. The molecule has 0 bridgehead atoms. The Morgan fingerprint density at radius 1 is 0.944 bits per heavy atom. The number of carboxylic acid groups (broad SMARTS) is 1. The van der Waals surface area contributed by atoms with Crippen LogP contribution in [0.3, 0.4) is 0 Å². The van der Waals surface area contributed by atoms with Gasteiger partial charge in [-0.2, -0.15) is 4.98 Å². The number of nitrogens with two attached hydrogens (primary N) is 1. The third-order valence-corrected chi connectivity index (χ3v) is 11.7. The lowest BCUT2D eigenvalue weighted by Crippen LogP contribution is -2.52. The summed E-state index contributed by atoms with van der Waals surface area (Å²) < 4.78 is 36.8. The second kappa shape index (κ2) is 16.3. The van der Waals surface area contributed by atoms with Crippen LogP contribution in [0.25, 0.3) is 22.3 Å². The fraction of sp³-hybridized carbons (Fsp3) is 0.256. The third kappa shape index (κ3) is 8.73. The van der Waals surface area contributed by atoms with Gasteiger partial charge in [-0.25, -0.2) is 8.42 Å². The normalized spacial score (nSPS) is 15.1. The third-order valence-electron chi connectivity index (χ3n) is 9.23. The number of halogens is 3. The zero-order valence-corrected chi connectivity index (χ0v) is 33.2. The van der Waals surface area contributed by atoms with Crippen LogP contribution in [0.15, 0.2) is 88.5 Å². The average Bonchev–Trinajstić information content (AvgIpc) is 3.52. The van der Waals surface area contributed by atoms with E-state index < -0.39 is 28.0 Å². The number of ether oxygens (including phenoxy) is 2. The number of aliphatic carboxylic acids is 1. The molecule has 282 valence electrons. The second-order valence-corrected chi connectivity index (χ2v) is 17.0. The van der Waals surface area contributed by atoms with Crippen molar-refractivity contribution in [2.75, 3.05) is 12.9 Å². The maximum absolute atomic E-state index is 12.1. The highest BCUT2D eigenvalue weighted by Crippen LogP contribution is 2.41. The van der Waals surface area contributed by atoms with Crippen LogP contribution in [0.2, 0.25) is 10.0 Å². The Bertz CT molecular complexity index is 2350. The molecule has 2 aromatic heterocycles. The highest BCUT2D eigenvalue weighted by molar-refractivity contribution is 9.10. The number of carbonyl (C=O) groups is 1. The topological polar surface area (TPSA) is 174 Å². The number of aliphatic hydroxyl groups is 1. The maximum Gasteiger partial charge on any atom is 0.326 e. The lowest BCUT2D eigenvalue weighted by Gasteiger charge is -2.24. The molecule has 1 aliphatic rings. The SMILES string of the molecule is C[C@](CO)(NCc1cc(Br)c(OCc2cccc(-c3cccc(-c4ccc5c(c4)C[C@@H](N)C5)c3Cl)c2Cl)nc1OCc1cncc(S(C)(=O)=O)c1)C(=O)O. The molecule has 3 aromatic carbocycles. The van der Waals surface area contributed by atoms with Crippen LogP contribution in [0.5, 0.6) is 11.8 Å². The van der Waals surface area contributed by atoms with Crippen molar-refractivity contribution in [3.05, 3.63) is 121 Å². The van der Waals surface area contributed by atoms with Crippen molar-refractivity contribution >= 4 is 54.9 Å². The zero-order chi connectivity index (χ0) is 38.8. The first-order valence-corrected chi connectivity index (χ1v) is 20.2. The number of hydrogen-bond acceptors (Lipinski definition) is 10. The van der Waals surface area contributed by atoms with Gasteiger partial charge in [0.05, 0.1) is 26.0 Å². The first-order chi connectivity index (χ1) is 25.7. The van der Waals surface area contributed by atoms with Gasteiger partial charge < -0.3 is 25.4 Å². The lowest BCUT2D eigenvalue weighted by molar-refractivity contribution is -0.145. The summed E-state index contributed by atoms with van der Waals surface area (Å²) in [6.45, 7) is 0.526. The molecule has 0 unspecified atom stereocenters. The Kier molecular flexibility index (Phi) is 12.0. The summed E-state index contributed by atoms with van der Waals surface area (Å²) in [5.41, 5.74) is 12.0. The minimum Gasteiger partial charge on any atom is -0.480 e. The smallest absolute Gasteiger partial charge is 0.326 e. The van der Waals surface area contributed by atoms with Gasteiger partial charge in [-0.3, -0.25) is 15.1 Å². The molecular weight excluding hydrogens is 819 g/mol. The fourth-order valence-electron chi connectivity index (χ4n) is 6.06. The standard InChI is InChI=1S/C39H37BrCl2N4O7S/c1-39(21-47,38(48)49)45-17-27-15-33(40)37(46-36(27)52-19-22-11-29(18-44-16-22)54(2,50)51)53-20-25-5-3-7-31(34(25)41)32-8-4-6-30(35(32)42)24-10-9-23-13-28(43)14-26(23)12-24/h3-12,15-16,18,28,45,47H,13-14,17,19-21,43H2,1-2H3,(H,48,49)/t28-,39+/m0/s1. The molecule has 54 heavy (non-hydrogen) atoms. The van der Waals surface area contributed by atoms with Crippen LogP contribution in [-0.4, -0.2) is 59.0 Å². The van der Waals surface area contributed by atoms with Crippen molar-refractivity contribution in [3.63, 3.8) is 0 Å². The molecule has 11 nitrogen and oxygen atoms in total. The molecule has 1 aliphatic carbocycles. The average molecular weight is 857 g/mol. The predicted octanol–water partition coefficient (Wildman–Crippen LogP) is 6.79. The number of nitrogens with one attached hydrogen (secondary N) is 1. The number of hydrogen-bond donors (Lipinski definition) is 4. The van der Waals surface area contributed by atoms with E-state index in [-0.39, 0.29) is 42.5 Å². The Labute approximate surface area is 331 Å². The van der Waals surface area contributed by atoms with E-state index in [4.69, 9.17) is 38.4 Å². The monoisotopic (exact) mass is 854 g/mol. The van der Waals surface area contributed by atoms with Crippen LogP contribution in [0.4, 0.5) is 0 Å². The molecule has 0 saturated heterocycles. The fourth-order valence-corrected chi connectivity index (χ4v) is 7.78. The van der Waals surface area contributed by atoms with E-state index >= 15 is 0 Å². The van der Waals surface area contributed by atoms with Gasteiger partial charge in [0.15, 0.2) is 9.84 Å². The molecule has 5 aromatic rings. The summed E-state index contributed by atoms with van der Waals surface area (Å²) in [5.74, 6) is -1.02. The molecule has 2 atom stereocenters. The number of benzene rings is 3. The second-order valence-electron chi connectivity index (χ2n) is 13.4. The highest BCUT2D eigenvalue weighted by Gasteiger charge is 2.32. The minimum atomic E-state index is -3.52. The molecule has 0 amide bonds. The number of nitrogens with zero attached hydrogens (tertiary/aromatic N) is 2. The summed E-state index contributed by atoms with van der Waals surface area (Å²) in [7, 11) is -3.52. The molecule has 2 heterocycles. The predicted molar refractivity (Wildman–Crippen MR) is 211 cm³/mol. The van der Waals surface area contributed by atoms with E-state index in [1.165, 1.54) is 36.5 Å². The van der Waals surface area contributed by atoms with Gasteiger partial charge in [-0.15, -0.1) is 0 Å². The summed E-state index contributed by atoms with van der Waals surface area (Å²) in [5, 5.41) is 23.3. The molecule has 6 rings (SSSR count). The van der Waals surface area contributed by atoms with Crippen LogP contribution in [0, 0.1) is 0 Å². The molecule has 0 radical (unpaired) electrons. The summed E-state index contributed by atoms with van der Waals surface area (Å²) in [4.78, 5) is 20.5. The van der Waals surface area contributed by atoms with Gasteiger partial charge in [0.1, 0.15) is 18.8 Å². The molecule has 0 aliphatic heterocycles. The Morgan fingerprint density at radius 3 is 2.35 bits per heavy atom. The van der Waals surface area contributed by atoms with E-state index in [1.54, 1.807) is 6.07 Å². The maximum atomic E-state index is 12.1. The summed E-state index contributed by atoms with van der Waals surface area (Å²) in [6.07, 6.45) is 5.49. The van der Waals surface area contributed by atoms with Gasteiger partial charge >= 0.3 is 5.97 Å². The highest BCUT2D eigenvalue weighted by atomic mass is 79.9. The van der Waals surface area contributed by atoms with Crippen LogP contribution >= 0.6 is 39.1 Å². The van der Waals surface area contributed by atoms with Crippen molar-refractivity contribution in [1.29, 1.82) is 0 Å². The molecular formula is C39H37BrCl2N4O7S. The Hall–Kier alpha value is -4.08. The number of sulfone groups is 1. The van der Waals surface area contributed by atoms with E-state index in [0.717, 1.165) is 41.4 Å². The van der Waals surface area contributed by atoms with Gasteiger partial charge in [0.2, 0.25) is 11.8 Å². The van der Waals surface area contributed by atoms with Gasteiger partial charge in [-0.05, 0) is 64.5 Å². The van der Waals surface area contributed by atoms with Crippen LogP contribution in [0.1, 0.15) is 34.7 Å². The summed E-state index contributed by atoms with van der Waals surface area (Å²) >= 11 is 17.6. The first-order valence-electron chi connectivity index (χ1n) is 16.8. The van der Waals surface area contributed by atoms with E-state index in [2.05, 4.69) is 49.4 Å². The minimum absolute atomic E-state index is 0.0135. The van der Waals surface area contributed by atoms with Gasteiger partial charge in [-0.1, -0.05) is 77.8 Å². The lowest BCUT2D eigenvalue weighted by atomic mass is 9.96.